The zero-order chi connectivity index (χ0) is 17.5. The number of carbonyl (C=O) groups is 1. The number of fused-ring (bicyclic) bond motifs is 1. The van der Waals surface area contributed by atoms with Crippen LogP contribution in [-0.2, 0) is 11.0 Å². The van der Waals surface area contributed by atoms with E-state index in [1.54, 1.807) is 18.2 Å². The van der Waals surface area contributed by atoms with Crippen LogP contribution < -0.4 is 11.5 Å². The van der Waals surface area contributed by atoms with Crippen LogP contribution in [0.25, 0.3) is 10.2 Å². The van der Waals surface area contributed by atoms with E-state index in [1.807, 2.05) is 0 Å². The summed E-state index contributed by atoms with van der Waals surface area (Å²) in [5.74, 6) is -2.50. The predicted molar refractivity (Wildman–Crippen MR) is 82.1 cm³/mol. The maximum absolute atomic E-state index is 12.8. The van der Waals surface area contributed by atoms with E-state index in [0.717, 1.165) is 23.6 Å². The molecule has 0 saturated carbocycles. The van der Waals surface area contributed by atoms with Gasteiger partial charge in [-0.25, -0.2) is 15.0 Å². The van der Waals surface area contributed by atoms with Gasteiger partial charge in [-0.2, -0.15) is 13.2 Å². The number of thiazole rings is 1. The molecule has 0 saturated heterocycles. The maximum atomic E-state index is 12.8. The molecule has 0 spiro atoms. The highest BCUT2D eigenvalue weighted by Crippen LogP contribution is 2.33. The molecule has 3 aromatic rings. The second-order valence-corrected chi connectivity index (χ2v) is 5.97. The van der Waals surface area contributed by atoms with E-state index >= 15 is 0 Å². The second-order valence-electron chi connectivity index (χ2n) is 4.91. The number of benzene rings is 1. The molecule has 3 rings (SSSR count). The normalized spacial score (nSPS) is 13.1. The van der Waals surface area contributed by atoms with Gasteiger partial charge in [-0.1, -0.05) is 0 Å². The van der Waals surface area contributed by atoms with E-state index in [9.17, 15) is 18.0 Å². The summed E-state index contributed by atoms with van der Waals surface area (Å²) in [7, 11) is 0. The summed E-state index contributed by atoms with van der Waals surface area (Å²) in [5, 5.41) is 0.211. The topological polar surface area (TPSA) is 108 Å². The number of nitrogen functional groups attached to an aromatic ring is 1. The number of carbonyl (C=O) groups excluding carboxylic acids is 1. The SMILES string of the molecule is NC(=O)C(c1nccc(C(F)(F)F)n1)c1nc2ccc(N)cc2s1. The molecular weight excluding hydrogens is 343 g/mol. The van der Waals surface area contributed by atoms with Crippen molar-refractivity contribution < 1.29 is 18.0 Å². The van der Waals surface area contributed by atoms with Crippen LogP contribution in [0.2, 0.25) is 0 Å². The van der Waals surface area contributed by atoms with Gasteiger partial charge in [0.15, 0.2) is 0 Å². The fourth-order valence-corrected chi connectivity index (χ4v) is 3.23. The number of hydrogen-bond acceptors (Lipinski definition) is 6. The van der Waals surface area contributed by atoms with Crippen molar-refractivity contribution in [2.45, 2.75) is 12.1 Å². The number of nitrogens with zero attached hydrogens (tertiary/aromatic N) is 3. The van der Waals surface area contributed by atoms with Gasteiger partial charge in [0.25, 0.3) is 0 Å². The average molecular weight is 353 g/mol. The number of alkyl halides is 3. The lowest BCUT2D eigenvalue weighted by Gasteiger charge is -2.11. The third-order valence-corrected chi connectivity index (χ3v) is 4.27. The molecule has 0 fully saturated rings. The molecule has 2 heterocycles. The fourth-order valence-electron chi connectivity index (χ4n) is 2.11. The summed E-state index contributed by atoms with van der Waals surface area (Å²) >= 11 is 1.10. The molecule has 0 bridgehead atoms. The van der Waals surface area contributed by atoms with E-state index in [-0.39, 0.29) is 10.8 Å². The number of primary amides is 1. The van der Waals surface area contributed by atoms with E-state index < -0.39 is 23.7 Å². The largest absolute Gasteiger partial charge is 0.433 e. The quantitative estimate of drug-likeness (QED) is 0.703. The Kier molecular flexibility index (Phi) is 3.84. The van der Waals surface area contributed by atoms with Gasteiger partial charge in [0.05, 0.1) is 10.2 Å². The molecule has 1 amide bonds. The smallest absolute Gasteiger partial charge is 0.399 e. The third-order valence-electron chi connectivity index (χ3n) is 3.18. The van der Waals surface area contributed by atoms with Crippen molar-refractivity contribution in [3.05, 3.63) is 47.0 Å². The Labute approximate surface area is 137 Å². The van der Waals surface area contributed by atoms with Crippen LogP contribution >= 0.6 is 11.3 Å². The summed E-state index contributed by atoms with van der Waals surface area (Å²) < 4.78 is 39.1. The zero-order valence-corrected chi connectivity index (χ0v) is 12.7. The Morgan fingerprint density at radius 2 is 1.96 bits per heavy atom. The molecule has 124 valence electrons. The Hall–Kier alpha value is -2.75. The van der Waals surface area contributed by atoms with Crippen molar-refractivity contribution in [1.29, 1.82) is 0 Å². The lowest BCUT2D eigenvalue weighted by atomic mass is 10.1. The van der Waals surface area contributed by atoms with E-state index in [0.29, 0.717) is 15.9 Å². The zero-order valence-electron chi connectivity index (χ0n) is 11.9. The summed E-state index contributed by atoms with van der Waals surface area (Å²) in [5.41, 5.74) is 11.0. The van der Waals surface area contributed by atoms with Gasteiger partial charge in [0.1, 0.15) is 22.4 Å². The highest BCUT2D eigenvalue weighted by molar-refractivity contribution is 7.18. The first kappa shape index (κ1) is 16.1. The monoisotopic (exact) mass is 353 g/mol. The highest BCUT2D eigenvalue weighted by Gasteiger charge is 2.35. The lowest BCUT2D eigenvalue weighted by Crippen LogP contribution is -2.25. The molecule has 1 aromatic carbocycles. The minimum Gasteiger partial charge on any atom is -0.399 e. The van der Waals surface area contributed by atoms with E-state index in [1.165, 1.54) is 0 Å². The molecule has 1 atom stereocenters. The molecule has 0 aliphatic carbocycles. The van der Waals surface area contributed by atoms with Crippen molar-refractivity contribution in [1.82, 2.24) is 15.0 Å². The molecule has 0 aliphatic rings. The Balaban J connectivity index is 2.11. The van der Waals surface area contributed by atoms with Crippen LogP contribution in [0.15, 0.2) is 30.5 Å². The van der Waals surface area contributed by atoms with Crippen molar-refractivity contribution >= 4 is 33.1 Å². The van der Waals surface area contributed by atoms with Crippen molar-refractivity contribution in [3.63, 3.8) is 0 Å². The number of halogens is 3. The number of rotatable bonds is 3. The second kappa shape index (κ2) is 5.71. The number of hydrogen-bond donors (Lipinski definition) is 2. The van der Waals surface area contributed by atoms with Gasteiger partial charge in [-0.3, -0.25) is 4.79 Å². The van der Waals surface area contributed by atoms with E-state index in [2.05, 4.69) is 15.0 Å². The molecular formula is C14H10F3N5OS. The summed E-state index contributed by atoms with van der Waals surface area (Å²) in [4.78, 5) is 23.3. The van der Waals surface area contributed by atoms with Crippen molar-refractivity contribution in [2.24, 2.45) is 5.73 Å². The van der Waals surface area contributed by atoms with Crippen LogP contribution in [-0.4, -0.2) is 20.9 Å². The lowest BCUT2D eigenvalue weighted by molar-refractivity contribution is -0.141. The first-order valence-corrected chi connectivity index (χ1v) is 7.43. The van der Waals surface area contributed by atoms with Gasteiger partial charge in [0.2, 0.25) is 5.91 Å². The molecule has 0 radical (unpaired) electrons. The maximum Gasteiger partial charge on any atom is 0.433 e. The van der Waals surface area contributed by atoms with Crippen LogP contribution in [0.5, 0.6) is 0 Å². The highest BCUT2D eigenvalue weighted by atomic mass is 32.1. The molecule has 1 unspecified atom stereocenters. The number of aromatic nitrogens is 3. The Bertz CT molecular complexity index is 924. The van der Waals surface area contributed by atoms with Crippen LogP contribution in [0.4, 0.5) is 18.9 Å². The molecule has 4 N–H and O–H groups in total. The Morgan fingerprint density at radius 1 is 1.21 bits per heavy atom. The van der Waals surface area contributed by atoms with Crippen molar-refractivity contribution in [2.75, 3.05) is 5.73 Å². The first-order valence-electron chi connectivity index (χ1n) is 6.61. The first-order chi connectivity index (χ1) is 11.3. The Morgan fingerprint density at radius 3 is 2.62 bits per heavy atom. The molecule has 0 aliphatic heterocycles. The molecule has 2 aromatic heterocycles. The van der Waals surface area contributed by atoms with Gasteiger partial charge < -0.3 is 11.5 Å². The fraction of sp³-hybridized carbons (Fsp3) is 0.143. The van der Waals surface area contributed by atoms with Crippen LogP contribution in [0, 0.1) is 0 Å². The predicted octanol–water partition coefficient (Wildman–Crippen LogP) is 2.30. The van der Waals surface area contributed by atoms with Crippen LogP contribution in [0.1, 0.15) is 22.4 Å². The van der Waals surface area contributed by atoms with Gasteiger partial charge in [-0.15, -0.1) is 11.3 Å². The standard InChI is InChI=1S/C14H10F3N5OS/c15-14(16,17)9-3-4-20-12(22-9)10(11(19)23)13-21-7-2-1-6(18)5-8(7)24-13/h1-5,10H,18H2,(H2,19,23). The third kappa shape index (κ3) is 3.00. The number of anilines is 1. The van der Waals surface area contributed by atoms with Gasteiger partial charge >= 0.3 is 6.18 Å². The minimum atomic E-state index is -4.65. The van der Waals surface area contributed by atoms with Gasteiger partial charge in [0, 0.05) is 11.9 Å². The number of nitrogens with two attached hydrogens (primary N) is 2. The average Bonchev–Trinajstić information content (AvgIpc) is 2.88. The molecule has 10 heteroatoms. The summed E-state index contributed by atoms with van der Waals surface area (Å²) in [6, 6.07) is 5.66. The molecule has 6 nitrogen and oxygen atoms in total. The van der Waals surface area contributed by atoms with Crippen molar-refractivity contribution in [3.8, 4) is 0 Å². The summed E-state index contributed by atoms with van der Waals surface area (Å²) in [6.45, 7) is 0. The van der Waals surface area contributed by atoms with E-state index in [4.69, 9.17) is 11.5 Å². The van der Waals surface area contributed by atoms with Gasteiger partial charge in [-0.05, 0) is 24.3 Å². The summed E-state index contributed by atoms with van der Waals surface area (Å²) in [6.07, 6.45) is -3.71. The number of amides is 1. The van der Waals surface area contributed by atoms with Crippen LogP contribution in [0.3, 0.4) is 0 Å². The molecule has 24 heavy (non-hydrogen) atoms. The minimum absolute atomic E-state index is 0.211.